The van der Waals surface area contributed by atoms with Crippen LogP contribution in [0.4, 0.5) is 0 Å². The van der Waals surface area contributed by atoms with Crippen LogP contribution in [0.5, 0.6) is 0 Å². The molecule has 8 fully saturated rings. The summed E-state index contributed by atoms with van der Waals surface area (Å²) in [5.41, 5.74) is -2.39. The first kappa shape index (κ1) is 28.6. The van der Waals surface area contributed by atoms with E-state index in [4.69, 9.17) is 9.47 Å². The van der Waals surface area contributed by atoms with Crippen LogP contribution in [0.3, 0.4) is 0 Å². The molecule has 9 nitrogen and oxygen atoms in total. The van der Waals surface area contributed by atoms with Gasteiger partial charge in [-0.1, -0.05) is 38.1 Å². The summed E-state index contributed by atoms with van der Waals surface area (Å²) in [5, 5.41) is 24.1. The van der Waals surface area contributed by atoms with Crippen LogP contribution in [0.15, 0.2) is 36.4 Å². The highest BCUT2D eigenvalue weighted by atomic mass is 16.6. The van der Waals surface area contributed by atoms with Gasteiger partial charge in [-0.2, -0.15) is 0 Å². The Morgan fingerprint density at radius 1 is 1.05 bits per heavy atom. The average molecular weight is 604 g/mol. The number of likely N-dealkylation sites (tertiary alicyclic amines) is 1. The fourth-order valence-electron chi connectivity index (χ4n) is 11.4. The number of carbonyl (C=O) groups is 4. The first-order valence-corrected chi connectivity index (χ1v) is 16.2. The number of Topliss-reactive ketones (excluding diaryl/α,β-unsaturated/α-hetero) is 2. The minimum absolute atomic E-state index is 0.00200. The molecule has 1 amide bonds. The molecule has 3 heterocycles. The summed E-state index contributed by atoms with van der Waals surface area (Å²) in [6.45, 7) is 11.0. The van der Waals surface area contributed by atoms with E-state index < -0.39 is 69.2 Å². The summed E-state index contributed by atoms with van der Waals surface area (Å²) >= 11 is 0. The van der Waals surface area contributed by atoms with Crippen molar-refractivity contribution in [1.29, 1.82) is 0 Å². The molecular weight excluding hydrogens is 562 g/mol. The quantitative estimate of drug-likeness (QED) is 0.399. The molecule has 1 aromatic rings. The molecule has 8 aliphatic rings. The Hall–Kier alpha value is -2.88. The summed E-state index contributed by atoms with van der Waals surface area (Å²) in [5.74, 6) is -5.53. The van der Waals surface area contributed by atoms with Crippen LogP contribution in [-0.2, 0) is 23.9 Å². The Morgan fingerprint density at radius 2 is 1.73 bits per heavy atom. The summed E-state index contributed by atoms with van der Waals surface area (Å²) in [4.78, 5) is 57.0. The third kappa shape index (κ3) is 2.94. The number of hydrogen-bond acceptors (Lipinski definition) is 8. The van der Waals surface area contributed by atoms with E-state index in [1.807, 2.05) is 32.9 Å². The van der Waals surface area contributed by atoms with Crippen molar-refractivity contribution in [2.45, 2.75) is 76.8 Å². The first-order valence-electron chi connectivity index (χ1n) is 16.2. The van der Waals surface area contributed by atoms with Crippen molar-refractivity contribution >= 4 is 23.4 Å². The number of aliphatic hydroxyl groups excluding tert-OH is 1. The van der Waals surface area contributed by atoms with Crippen LogP contribution in [0.1, 0.15) is 68.3 Å². The molecule has 5 aliphatic carbocycles. The van der Waals surface area contributed by atoms with Gasteiger partial charge in [0.1, 0.15) is 17.3 Å². The van der Waals surface area contributed by atoms with Crippen LogP contribution in [-0.4, -0.2) is 75.7 Å². The lowest BCUT2D eigenvalue weighted by molar-refractivity contribution is -0.465. The van der Waals surface area contributed by atoms with E-state index in [-0.39, 0.29) is 24.2 Å². The Labute approximate surface area is 257 Å². The summed E-state index contributed by atoms with van der Waals surface area (Å²) in [6.07, 6.45) is 1.55. The number of esters is 1. The number of rotatable bonds is 3. The highest BCUT2D eigenvalue weighted by Gasteiger charge is 2.97. The number of piperidine rings is 1. The average Bonchev–Trinajstić information content (AvgIpc) is 3.01. The van der Waals surface area contributed by atoms with E-state index in [0.717, 1.165) is 5.56 Å². The van der Waals surface area contributed by atoms with Crippen molar-refractivity contribution < 1.29 is 38.9 Å². The molecule has 0 radical (unpaired) electrons. The maximum atomic E-state index is 14.7. The molecule has 1 aromatic carbocycles. The number of aliphatic hydroxyl groups is 2. The van der Waals surface area contributed by atoms with Gasteiger partial charge in [0.25, 0.3) is 5.91 Å². The number of aryl methyl sites for hydroxylation is 1. The molecule has 2 spiro atoms. The Balaban J connectivity index is 1.06. The molecule has 234 valence electrons. The third-order valence-electron chi connectivity index (χ3n) is 13.3. The van der Waals surface area contributed by atoms with Crippen molar-refractivity contribution in [1.82, 2.24) is 4.90 Å². The molecule has 2 bridgehead atoms. The van der Waals surface area contributed by atoms with Crippen LogP contribution < -0.4 is 0 Å². The zero-order valence-corrected chi connectivity index (χ0v) is 25.6. The second kappa shape index (κ2) is 8.68. The highest BCUT2D eigenvalue weighted by molar-refractivity contribution is 6.10. The van der Waals surface area contributed by atoms with Crippen molar-refractivity contribution in [2.24, 2.45) is 45.8 Å². The predicted octanol–water partition coefficient (Wildman–Crippen LogP) is 3.00. The van der Waals surface area contributed by atoms with E-state index in [1.54, 1.807) is 17.0 Å². The SMILES string of the molecule is C=C1[C@@H]2CC[C@H]3[C@@]45CO[C@](O)([C@@H](O)[C@@H]4C(C)(C)CCC5=O)[C@]34C(=O)C1(OC(=O)C1CCN(C(=O)c3ccc(C)cc3)CC1)[C@H]24. The normalized spacial score (nSPS) is 45.0. The van der Waals surface area contributed by atoms with Gasteiger partial charge in [0, 0.05) is 36.9 Å². The number of amides is 1. The smallest absolute Gasteiger partial charge is 0.310 e. The Kier molecular flexibility index (Phi) is 5.64. The maximum Gasteiger partial charge on any atom is 0.310 e. The monoisotopic (exact) mass is 603 g/mol. The topological polar surface area (TPSA) is 130 Å². The molecule has 0 aromatic heterocycles. The molecular formula is C35H41NO8. The zero-order chi connectivity index (χ0) is 31.2. The molecule has 9 atom stereocenters. The van der Waals surface area contributed by atoms with Gasteiger partial charge in [0.15, 0.2) is 11.4 Å². The van der Waals surface area contributed by atoms with Crippen LogP contribution in [0, 0.1) is 52.8 Å². The number of ether oxygens (including phenoxy) is 2. The van der Waals surface area contributed by atoms with Gasteiger partial charge in [-0.25, -0.2) is 0 Å². The number of carbonyl (C=O) groups excluding carboxylic acids is 4. The summed E-state index contributed by atoms with van der Waals surface area (Å²) < 4.78 is 12.2. The van der Waals surface area contributed by atoms with Gasteiger partial charge >= 0.3 is 5.97 Å². The van der Waals surface area contributed by atoms with Crippen LogP contribution in [0.2, 0.25) is 0 Å². The van der Waals surface area contributed by atoms with Crippen molar-refractivity contribution in [3.05, 3.63) is 47.5 Å². The maximum absolute atomic E-state index is 14.7. The van der Waals surface area contributed by atoms with E-state index in [1.165, 1.54) is 0 Å². The molecule has 5 saturated carbocycles. The van der Waals surface area contributed by atoms with Gasteiger partial charge in [-0.3, -0.25) is 19.2 Å². The number of benzene rings is 1. The van der Waals surface area contributed by atoms with E-state index in [2.05, 4.69) is 6.58 Å². The van der Waals surface area contributed by atoms with Gasteiger partial charge in [0.2, 0.25) is 5.79 Å². The van der Waals surface area contributed by atoms with Crippen LogP contribution >= 0.6 is 0 Å². The molecule has 44 heavy (non-hydrogen) atoms. The molecule has 2 N–H and O–H groups in total. The Morgan fingerprint density at radius 3 is 2.41 bits per heavy atom. The van der Waals surface area contributed by atoms with E-state index in [9.17, 15) is 29.4 Å². The minimum Gasteiger partial charge on any atom is -0.446 e. The van der Waals surface area contributed by atoms with Crippen molar-refractivity contribution in [2.75, 3.05) is 19.7 Å². The lowest BCUT2D eigenvalue weighted by atomic mass is 9.21. The zero-order valence-electron chi connectivity index (χ0n) is 25.6. The minimum atomic E-state index is -2.17. The largest absolute Gasteiger partial charge is 0.446 e. The molecule has 1 unspecified atom stereocenters. The van der Waals surface area contributed by atoms with Gasteiger partial charge in [-0.05, 0) is 74.0 Å². The molecule has 9 rings (SSSR count). The number of fused-ring (bicyclic) bond motifs is 1. The fourth-order valence-corrected chi connectivity index (χ4v) is 11.4. The summed E-state index contributed by atoms with van der Waals surface area (Å²) in [7, 11) is 0. The summed E-state index contributed by atoms with van der Waals surface area (Å²) in [6, 6.07) is 7.41. The standard InChI is InChI=1S/C35H41NO8/c1-18-5-7-20(8-6-18)28(39)36-15-12-21(13-16-36)29(40)44-34-19(2)22-9-10-23-32-17-43-35(42,33(23,25(22)34)30(34)41)27(38)26(32)31(3,4)14-11-24(32)37/h5-8,21-23,25-27,38,42H,2,9-17H2,1,3-4H3/t22-,23-,25+,26+,27-,32+,33+,34?,35+/m0/s1. The number of ketones is 2. The molecule has 3 saturated heterocycles. The van der Waals surface area contributed by atoms with Crippen molar-refractivity contribution in [3.63, 3.8) is 0 Å². The number of nitrogens with zero attached hydrogens (tertiary/aromatic N) is 1. The van der Waals surface area contributed by atoms with E-state index >= 15 is 0 Å². The number of hydrogen-bond donors (Lipinski definition) is 2. The second-order valence-electron chi connectivity index (χ2n) is 15.4. The lowest BCUT2D eigenvalue weighted by Crippen LogP contribution is -2.97. The second-order valence-corrected chi connectivity index (χ2v) is 15.4. The molecule has 9 heteroatoms. The Bertz CT molecular complexity index is 1530. The fraction of sp³-hybridized carbons (Fsp3) is 0.657. The predicted molar refractivity (Wildman–Crippen MR) is 156 cm³/mol. The third-order valence-corrected chi connectivity index (χ3v) is 13.3. The van der Waals surface area contributed by atoms with E-state index in [0.29, 0.717) is 62.8 Å². The van der Waals surface area contributed by atoms with Crippen molar-refractivity contribution in [3.8, 4) is 0 Å². The highest BCUT2D eigenvalue weighted by Crippen LogP contribution is 2.85. The lowest BCUT2D eigenvalue weighted by Gasteiger charge is -2.84. The van der Waals surface area contributed by atoms with Gasteiger partial charge < -0.3 is 24.6 Å². The van der Waals surface area contributed by atoms with Crippen LogP contribution in [0.25, 0.3) is 0 Å². The molecule has 3 aliphatic heterocycles. The van der Waals surface area contributed by atoms with Gasteiger partial charge in [-0.15, -0.1) is 0 Å². The van der Waals surface area contributed by atoms with Gasteiger partial charge in [0.05, 0.1) is 17.9 Å². The first-order chi connectivity index (χ1) is 20.8.